The van der Waals surface area contributed by atoms with Gasteiger partial charge < -0.3 is 64.2 Å². The van der Waals surface area contributed by atoms with Gasteiger partial charge in [0.15, 0.2) is 12.6 Å². The van der Waals surface area contributed by atoms with Crippen molar-refractivity contribution in [3.05, 3.63) is 0 Å². The molecule has 14 heteroatoms. The second kappa shape index (κ2) is 28.4. The molecule has 11 atom stereocenters. The van der Waals surface area contributed by atoms with Gasteiger partial charge in [-0.2, -0.15) is 0 Å². The Morgan fingerprint density at radius 3 is 1.56 bits per heavy atom. The third-order valence-corrected chi connectivity index (χ3v) is 9.87. The molecule has 0 bridgehead atoms. The van der Waals surface area contributed by atoms with Crippen LogP contribution in [-0.2, 0) is 33.2 Å². The van der Waals surface area contributed by atoms with E-state index < -0.39 is 86.7 Å². The molecule has 0 aromatic rings. The number of ether oxygens (including phenoxy) is 6. The maximum atomic E-state index is 12.5. The summed E-state index contributed by atoms with van der Waals surface area (Å²) in [6.07, 6.45) is 5.65. The summed E-state index contributed by atoms with van der Waals surface area (Å²) < 4.78 is 33.7. The average Bonchev–Trinajstić information content (AvgIpc) is 3.14. The molecule has 0 aromatic carbocycles. The van der Waals surface area contributed by atoms with Crippen molar-refractivity contribution in [2.45, 2.75) is 203 Å². The first-order valence-corrected chi connectivity index (χ1v) is 20.1. The molecule has 7 N–H and O–H groups in total. The summed E-state index contributed by atoms with van der Waals surface area (Å²) in [5.74, 6) is -0.399. The van der Waals surface area contributed by atoms with Crippen molar-refractivity contribution in [2.75, 3.05) is 33.0 Å². The van der Waals surface area contributed by atoms with Crippen LogP contribution in [-0.4, -0.2) is 142 Å². The maximum Gasteiger partial charge on any atom is 0.306 e. The highest BCUT2D eigenvalue weighted by Gasteiger charge is 2.47. The molecule has 14 nitrogen and oxygen atoms in total. The fourth-order valence-electron chi connectivity index (χ4n) is 6.46. The summed E-state index contributed by atoms with van der Waals surface area (Å²) in [6.45, 7) is 3.50. The maximum absolute atomic E-state index is 12.5. The van der Waals surface area contributed by atoms with Gasteiger partial charge in [-0.1, -0.05) is 117 Å². The van der Waals surface area contributed by atoms with Gasteiger partial charge in [0, 0.05) is 13.0 Å². The molecule has 2 fully saturated rings. The van der Waals surface area contributed by atoms with E-state index >= 15 is 0 Å². The second-order valence-electron chi connectivity index (χ2n) is 14.5. The van der Waals surface area contributed by atoms with Gasteiger partial charge in [0.1, 0.15) is 54.9 Å². The number of rotatable bonds is 30. The van der Waals surface area contributed by atoms with Crippen LogP contribution >= 0.6 is 0 Å². The molecule has 2 saturated heterocycles. The number of unbranched alkanes of at least 4 members (excludes halogenated alkanes) is 16. The first-order chi connectivity index (χ1) is 25.1. The van der Waals surface area contributed by atoms with Gasteiger partial charge in [-0.25, -0.2) is 0 Å². The molecule has 0 spiro atoms. The van der Waals surface area contributed by atoms with Crippen LogP contribution in [0.1, 0.15) is 136 Å². The topological polar surface area (TPSA) is 214 Å². The molecule has 0 saturated carbocycles. The SMILES string of the molecule is CCCCCCCCCCCCCCCCCOCC(COC1OC(COC2OC(CO)C(O)C(O)C2O)C(O)C(O)C1O)OC(=O)CCCCC. The third-order valence-electron chi connectivity index (χ3n) is 9.87. The quantitative estimate of drug-likeness (QED) is 0.0415. The average molecular weight is 753 g/mol. The largest absolute Gasteiger partial charge is 0.457 e. The lowest BCUT2D eigenvalue weighted by atomic mass is 9.98. The molecular formula is C38H72O14. The molecule has 0 aliphatic carbocycles. The predicted molar refractivity (Wildman–Crippen MR) is 192 cm³/mol. The minimum atomic E-state index is -1.70. The van der Waals surface area contributed by atoms with Crippen LogP contribution in [0.5, 0.6) is 0 Å². The van der Waals surface area contributed by atoms with Crippen LogP contribution in [0.25, 0.3) is 0 Å². The van der Waals surface area contributed by atoms with Crippen molar-refractivity contribution in [2.24, 2.45) is 0 Å². The highest BCUT2D eigenvalue weighted by atomic mass is 16.7. The number of esters is 1. The van der Waals surface area contributed by atoms with E-state index in [0.29, 0.717) is 13.0 Å². The normalized spacial score (nSPS) is 30.0. The number of carbonyl (C=O) groups excluding carboxylic acids is 1. The monoisotopic (exact) mass is 752 g/mol. The standard InChI is InChI=1S/C38H72O14/c1-3-5-7-8-9-10-11-12-13-14-15-16-17-18-20-22-47-24-27(50-30(40)21-19-6-4-2)25-48-37-36(46)34(44)32(42)29(52-37)26-49-38-35(45)33(43)31(41)28(23-39)51-38/h27-29,31-39,41-46H,3-26H2,1-2H3. The molecule has 52 heavy (non-hydrogen) atoms. The summed E-state index contributed by atoms with van der Waals surface area (Å²) in [5.41, 5.74) is 0. The fraction of sp³-hybridized carbons (Fsp3) is 0.974. The molecule has 0 aromatic heterocycles. The van der Waals surface area contributed by atoms with E-state index in [9.17, 15) is 40.5 Å². The Bertz CT molecular complexity index is 881. The number of carbonyl (C=O) groups is 1. The number of hydrogen-bond donors (Lipinski definition) is 7. The Morgan fingerprint density at radius 2 is 1.02 bits per heavy atom. The van der Waals surface area contributed by atoms with Crippen LogP contribution in [0.4, 0.5) is 0 Å². The van der Waals surface area contributed by atoms with Crippen LogP contribution in [0.2, 0.25) is 0 Å². The summed E-state index contributed by atoms with van der Waals surface area (Å²) in [6, 6.07) is 0. The number of aliphatic hydroxyl groups is 7. The van der Waals surface area contributed by atoms with Gasteiger partial charge in [-0.3, -0.25) is 4.79 Å². The van der Waals surface area contributed by atoms with Gasteiger partial charge in [-0.15, -0.1) is 0 Å². The van der Waals surface area contributed by atoms with Crippen LogP contribution in [0.3, 0.4) is 0 Å². The lowest BCUT2D eigenvalue weighted by molar-refractivity contribution is -0.332. The highest BCUT2D eigenvalue weighted by Crippen LogP contribution is 2.26. The van der Waals surface area contributed by atoms with Crippen molar-refractivity contribution in [1.82, 2.24) is 0 Å². The Kier molecular flexibility index (Phi) is 25.8. The van der Waals surface area contributed by atoms with Gasteiger partial charge in [0.2, 0.25) is 0 Å². The van der Waals surface area contributed by atoms with E-state index in [2.05, 4.69) is 6.92 Å². The molecule has 11 unspecified atom stereocenters. The Hall–Kier alpha value is -1.01. The van der Waals surface area contributed by atoms with Crippen molar-refractivity contribution in [3.8, 4) is 0 Å². The zero-order valence-corrected chi connectivity index (χ0v) is 31.8. The van der Waals surface area contributed by atoms with E-state index in [1.54, 1.807) is 0 Å². The minimum absolute atomic E-state index is 0.0652. The summed E-state index contributed by atoms with van der Waals surface area (Å²) in [7, 11) is 0. The Morgan fingerprint density at radius 1 is 0.558 bits per heavy atom. The molecule has 308 valence electrons. The summed E-state index contributed by atoms with van der Waals surface area (Å²) in [5, 5.41) is 71.3. The van der Waals surface area contributed by atoms with Gasteiger partial charge >= 0.3 is 5.97 Å². The minimum Gasteiger partial charge on any atom is -0.457 e. The summed E-state index contributed by atoms with van der Waals surface area (Å²) >= 11 is 0. The lowest BCUT2D eigenvalue weighted by Crippen LogP contribution is -2.61. The predicted octanol–water partition coefficient (Wildman–Crippen LogP) is 3.01. The smallest absolute Gasteiger partial charge is 0.306 e. The van der Waals surface area contributed by atoms with Crippen molar-refractivity contribution >= 4 is 5.97 Å². The van der Waals surface area contributed by atoms with E-state index in [4.69, 9.17) is 28.4 Å². The van der Waals surface area contributed by atoms with Gasteiger partial charge in [0.05, 0.1) is 26.4 Å². The van der Waals surface area contributed by atoms with Crippen LogP contribution < -0.4 is 0 Å². The fourth-order valence-corrected chi connectivity index (χ4v) is 6.46. The Labute approximate surface area is 311 Å². The van der Waals surface area contributed by atoms with Gasteiger partial charge in [0.25, 0.3) is 0 Å². The molecule has 2 rings (SSSR count). The molecule has 2 heterocycles. The van der Waals surface area contributed by atoms with Crippen LogP contribution in [0, 0.1) is 0 Å². The number of aliphatic hydroxyl groups excluding tert-OH is 7. The molecule has 2 aliphatic heterocycles. The molecule has 0 radical (unpaired) electrons. The summed E-state index contributed by atoms with van der Waals surface area (Å²) in [4.78, 5) is 12.5. The highest BCUT2D eigenvalue weighted by molar-refractivity contribution is 5.69. The Balaban J connectivity index is 1.74. The second-order valence-corrected chi connectivity index (χ2v) is 14.5. The van der Waals surface area contributed by atoms with E-state index in [1.807, 2.05) is 6.92 Å². The molecule has 2 aliphatic rings. The van der Waals surface area contributed by atoms with E-state index in [1.165, 1.54) is 77.0 Å². The number of hydrogen-bond acceptors (Lipinski definition) is 14. The first-order valence-electron chi connectivity index (χ1n) is 20.1. The van der Waals surface area contributed by atoms with Crippen LogP contribution in [0.15, 0.2) is 0 Å². The van der Waals surface area contributed by atoms with E-state index in [0.717, 1.165) is 32.1 Å². The van der Waals surface area contributed by atoms with E-state index in [-0.39, 0.29) is 19.6 Å². The van der Waals surface area contributed by atoms with Crippen molar-refractivity contribution in [3.63, 3.8) is 0 Å². The molecule has 0 amide bonds. The molecular weight excluding hydrogens is 680 g/mol. The lowest BCUT2D eigenvalue weighted by Gasteiger charge is -2.42. The first kappa shape index (κ1) is 47.1. The van der Waals surface area contributed by atoms with Crippen molar-refractivity contribution < 1.29 is 69.0 Å². The zero-order valence-electron chi connectivity index (χ0n) is 31.8. The third kappa shape index (κ3) is 18.1. The van der Waals surface area contributed by atoms with Gasteiger partial charge in [-0.05, 0) is 12.8 Å². The zero-order chi connectivity index (χ0) is 38.1. The van der Waals surface area contributed by atoms with Crippen molar-refractivity contribution in [1.29, 1.82) is 0 Å².